The smallest absolute Gasteiger partial charge is 0.187 e. The number of hydrogen-bond donors (Lipinski definition) is 4. The Morgan fingerprint density at radius 3 is 2.20 bits per heavy atom. The zero-order chi connectivity index (χ0) is 7.49. The summed E-state index contributed by atoms with van der Waals surface area (Å²) in [5.74, 6) is -0.697. The predicted octanol–water partition coefficient (Wildman–Crippen LogP) is -3.49. The van der Waals surface area contributed by atoms with Crippen LogP contribution < -0.4 is 11.2 Å². The standard InChI is InChI=1S/CH5N3O4Se.Al.3H/c2-1(3)4-8-9(5,6)7;;;;/h(H4,2,3,4)(H,5,6,7);;;;. The first-order valence-corrected chi connectivity index (χ1v) is 4.54. The molecule has 0 rings (SSSR count). The molecular weight excluding hydrogens is 224 g/mol. The van der Waals surface area contributed by atoms with Gasteiger partial charge < -0.3 is 0 Å². The van der Waals surface area contributed by atoms with E-state index in [1.165, 1.54) is 5.48 Å². The van der Waals surface area contributed by atoms with Crippen LogP contribution >= 0.6 is 0 Å². The average molecular weight is 232 g/mol. The molecule has 9 heteroatoms. The van der Waals surface area contributed by atoms with Crippen LogP contribution in [-0.4, -0.2) is 40.9 Å². The van der Waals surface area contributed by atoms with E-state index in [1.54, 1.807) is 0 Å². The fraction of sp³-hybridized carbons (Fsp3) is 0. The molecular formula is CH8AlN3O4Se. The molecule has 0 aromatic heterocycles. The number of hydrogen-bond acceptors (Lipinski definition) is 4. The van der Waals surface area contributed by atoms with Crippen LogP contribution in [0.15, 0.2) is 0 Å². The number of nitrogens with two attached hydrogens (primary N) is 1. The molecule has 0 aromatic rings. The summed E-state index contributed by atoms with van der Waals surface area (Å²) in [5, 5.41) is 6.35. The van der Waals surface area contributed by atoms with Crippen LogP contribution in [0.2, 0.25) is 0 Å². The molecule has 0 unspecified atom stereocenters. The molecule has 0 amide bonds. The summed E-state index contributed by atoms with van der Waals surface area (Å²) in [4.78, 5) is 0. The topological polar surface area (TPSA) is 126 Å². The molecule has 0 aliphatic rings. The average Bonchev–Trinajstić information content (AvgIpc) is 1.59. The normalized spacial score (nSPS) is 9.70. The van der Waals surface area contributed by atoms with E-state index >= 15 is 0 Å². The Morgan fingerprint density at radius 2 is 2.10 bits per heavy atom. The molecule has 0 fully saturated rings. The van der Waals surface area contributed by atoms with Crippen LogP contribution in [-0.2, 0) is 11.6 Å². The molecule has 0 heterocycles. The van der Waals surface area contributed by atoms with Gasteiger partial charge in [0.15, 0.2) is 17.4 Å². The van der Waals surface area contributed by atoms with Crippen molar-refractivity contribution in [2.75, 3.05) is 0 Å². The van der Waals surface area contributed by atoms with E-state index in [1.807, 2.05) is 0 Å². The number of nitrogens with one attached hydrogen (secondary N) is 2. The van der Waals surface area contributed by atoms with Crippen LogP contribution in [0, 0.1) is 5.41 Å². The molecule has 0 spiro atoms. The molecule has 10 heavy (non-hydrogen) atoms. The summed E-state index contributed by atoms with van der Waals surface area (Å²) in [6.07, 6.45) is 0. The maximum Gasteiger partial charge on any atom is 0.187 e. The largest absolute Gasteiger partial charge is 0.187 e. The molecule has 0 bridgehead atoms. The molecule has 0 saturated heterocycles. The van der Waals surface area contributed by atoms with Crippen molar-refractivity contribution in [3.63, 3.8) is 0 Å². The van der Waals surface area contributed by atoms with Crippen LogP contribution in [0.5, 0.6) is 0 Å². The summed E-state index contributed by atoms with van der Waals surface area (Å²) in [6, 6.07) is 0. The van der Waals surface area contributed by atoms with Gasteiger partial charge in [-0.2, -0.15) is 0 Å². The zero-order valence-corrected chi connectivity index (χ0v) is 5.87. The van der Waals surface area contributed by atoms with Crippen LogP contribution in [0.1, 0.15) is 0 Å². The summed E-state index contributed by atoms with van der Waals surface area (Å²) in [6.45, 7) is 0. The second-order valence-corrected chi connectivity index (χ2v) is 3.17. The fourth-order valence-electron chi connectivity index (χ4n) is 0.0975. The van der Waals surface area contributed by atoms with Crippen molar-refractivity contribution in [1.29, 1.82) is 5.41 Å². The summed E-state index contributed by atoms with van der Waals surface area (Å²) in [7, 11) is 0. The molecule has 0 aliphatic carbocycles. The second-order valence-electron chi connectivity index (χ2n) is 1.03. The Morgan fingerprint density at radius 1 is 1.70 bits per heavy atom. The Bertz CT molecular complexity index is 199. The van der Waals surface area contributed by atoms with Gasteiger partial charge in [0, 0.05) is 0 Å². The monoisotopic (exact) mass is 233 g/mol. The first-order valence-electron chi connectivity index (χ1n) is 1.68. The third-order valence-electron chi connectivity index (χ3n) is 0.257. The Balaban J connectivity index is 0. The third-order valence-corrected chi connectivity index (χ3v) is 0.874. The first kappa shape index (κ1) is 12.5. The summed E-state index contributed by atoms with van der Waals surface area (Å²) >= 11 is -5.21. The maximum absolute atomic E-state index is 9.73. The van der Waals surface area contributed by atoms with Gasteiger partial charge in [0.1, 0.15) is 0 Å². The van der Waals surface area contributed by atoms with Gasteiger partial charge in [0.05, 0.1) is 0 Å². The quantitative estimate of drug-likeness (QED) is 0.169. The second kappa shape index (κ2) is 4.63. The van der Waals surface area contributed by atoms with Crippen molar-refractivity contribution in [2.45, 2.75) is 0 Å². The van der Waals surface area contributed by atoms with Crippen molar-refractivity contribution >= 4 is 36.7 Å². The molecule has 0 radical (unpaired) electrons. The van der Waals surface area contributed by atoms with E-state index in [-0.39, 0.29) is 17.4 Å². The Labute approximate surface area is 69.4 Å². The predicted molar refractivity (Wildman–Crippen MR) is 35.4 cm³/mol. The van der Waals surface area contributed by atoms with Crippen molar-refractivity contribution < 1.29 is 15.8 Å². The molecule has 0 atom stereocenters. The molecule has 5 N–H and O–H groups in total. The zero-order valence-electron chi connectivity index (χ0n) is 4.16. The van der Waals surface area contributed by atoms with E-state index in [9.17, 15) is 7.67 Å². The SMILES string of the molecule is N=C(N)NO[Se](=O)(=O)O.[AlH3]. The minimum absolute atomic E-state index is 0. The molecule has 60 valence electrons. The van der Waals surface area contributed by atoms with Gasteiger partial charge in [-0.15, -0.1) is 0 Å². The Hall–Kier alpha value is -0.158. The Kier molecular flexibility index (Phi) is 5.79. The van der Waals surface area contributed by atoms with Gasteiger partial charge in [0.2, 0.25) is 0 Å². The summed E-state index contributed by atoms with van der Waals surface area (Å²) in [5.41, 5.74) is 6.02. The van der Waals surface area contributed by atoms with Crippen molar-refractivity contribution in [3.8, 4) is 0 Å². The van der Waals surface area contributed by atoms with Crippen LogP contribution in [0.25, 0.3) is 0 Å². The molecule has 0 saturated carbocycles. The van der Waals surface area contributed by atoms with Crippen molar-refractivity contribution in [2.24, 2.45) is 5.73 Å². The van der Waals surface area contributed by atoms with E-state index in [0.717, 1.165) is 0 Å². The van der Waals surface area contributed by atoms with Gasteiger partial charge in [-0.3, -0.25) is 0 Å². The summed E-state index contributed by atoms with van der Waals surface area (Å²) < 4.78 is 30.8. The van der Waals surface area contributed by atoms with Crippen molar-refractivity contribution in [3.05, 3.63) is 0 Å². The van der Waals surface area contributed by atoms with E-state index in [2.05, 4.69) is 9.65 Å². The number of guanidine groups is 1. The molecule has 7 nitrogen and oxygen atoms in total. The molecule has 0 aromatic carbocycles. The van der Waals surface area contributed by atoms with E-state index < -0.39 is 19.3 Å². The van der Waals surface area contributed by atoms with Crippen LogP contribution in [0.3, 0.4) is 0 Å². The van der Waals surface area contributed by atoms with Gasteiger partial charge in [0.25, 0.3) is 0 Å². The van der Waals surface area contributed by atoms with Gasteiger partial charge >= 0.3 is 51.7 Å². The first-order chi connectivity index (χ1) is 3.92. The fourth-order valence-corrected chi connectivity index (χ4v) is 0.507. The maximum atomic E-state index is 9.73. The minimum Gasteiger partial charge on any atom is 0.187 e. The van der Waals surface area contributed by atoms with E-state index in [0.29, 0.717) is 0 Å². The van der Waals surface area contributed by atoms with Gasteiger partial charge in [-0.25, -0.2) is 0 Å². The molecule has 0 aliphatic heterocycles. The van der Waals surface area contributed by atoms with E-state index in [4.69, 9.17) is 9.60 Å². The van der Waals surface area contributed by atoms with Crippen molar-refractivity contribution in [1.82, 2.24) is 5.48 Å². The number of hydroxylamine groups is 1. The van der Waals surface area contributed by atoms with Gasteiger partial charge in [-0.1, -0.05) is 0 Å². The minimum atomic E-state index is -5.21. The van der Waals surface area contributed by atoms with Gasteiger partial charge in [-0.05, 0) is 0 Å². The number of rotatable bonds is 2. The van der Waals surface area contributed by atoms with Crippen LogP contribution in [0.4, 0.5) is 0 Å². The third kappa shape index (κ3) is 10.8.